The lowest BCUT2D eigenvalue weighted by molar-refractivity contribution is -0.137. The number of hydrogen-bond donors (Lipinski definition) is 0. The second-order valence-corrected chi connectivity index (χ2v) is 3.57. The van der Waals surface area contributed by atoms with Crippen LogP contribution in [0.5, 0.6) is 0 Å². The van der Waals surface area contributed by atoms with Crippen molar-refractivity contribution in [2.45, 2.75) is 6.18 Å². The highest BCUT2D eigenvalue weighted by atomic mass is 19.4. The number of hydrogen-bond acceptors (Lipinski definition) is 1. The summed E-state index contributed by atoms with van der Waals surface area (Å²) < 4.78 is 37.7. The van der Waals surface area contributed by atoms with E-state index in [1.165, 1.54) is 18.2 Å². The van der Waals surface area contributed by atoms with E-state index < -0.39 is 11.7 Å². The molecule has 0 N–H and O–H groups in total. The number of nitrogens with zero attached hydrogens (tertiary/aromatic N) is 2. The Morgan fingerprint density at radius 3 is 2.44 bits per heavy atom. The van der Waals surface area contributed by atoms with Gasteiger partial charge in [-0.15, -0.1) is 4.98 Å². The molecule has 2 nitrogen and oxygen atoms in total. The van der Waals surface area contributed by atoms with Gasteiger partial charge < -0.3 is 4.85 Å². The van der Waals surface area contributed by atoms with Crippen LogP contribution >= 0.6 is 0 Å². The van der Waals surface area contributed by atoms with Gasteiger partial charge in [-0.05, 0) is 24.3 Å². The van der Waals surface area contributed by atoms with E-state index in [0.717, 1.165) is 12.1 Å². The van der Waals surface area contributed by atoms with Crippen LogP contribution in [-0.2, 0) is 6.18 Å². The van der Waals surface area contributed by atoms with Crippen molar-refractivity contribution in [3.63, 3.8) is 0 Å². The highest BCUT2D eigenvalue weighted by molar-refractivity contribution is 5.62. The molecule has 2 rings (SSSR count). The number of aromatic nitrogens is 1. The van der Waals surface area contributed by atoms with Crippen molar-refractivity contribution in [3.05, 3.63) is 59.4 Å². The van der Waals surface area contributed by atoms with Crippen LogP contribution in [0.1, 0.15) is 5.56 Å². The molecule has 5 heteroatoms. The lowest BCUT2D eigenvalue weighted by Gasteiger charge is -2.07. The van der Waals surface area contributed by atoms with Gasteiger partial charge in [0.2, 0.25) is 0 Å². The Morgan fingerprint density at radius 2 is 1.78 bits per heavy atom. The van der Waals surface area contributed by atoms with Crippen molar-refractivity contribution in [3.8, 4) is 11.3 Å². The highest BCUT2D eigenvalue weighted by Crippen LogP contribution is 2.31. The number of pyridine rings is 1. The second-order valence-electron chi connectivity index (χ2n) is 3.57. The van der Waals surface area contributed by atoms with Gasteiger partial charge in [-0.25, -0.2) is 0 Å². The maximum atomic E-state index is 12.6. The van der Waals surface area contributed by atoms with Gasteiger partial charge in [-0.2, -0.15) is 13.2 Å². The van der Waals surface area contributed by atoms with Crippen LogP contribution in [0.25, 0.3) is 16.1 Å². The molecule has 0 fully saturated rings. The van der Waals surface area contributed by atoms with Gasteiger partial charge in [-0.3, -0.25) is 0 Å². The fourth-order valence-corrected chi connectivity index (χ4v) is 1.50. The first-order valence-corrected chi connectivity index (χ1v) is 5.03. The topological polar surface area (TPSA) is 17.2 Å². The summed E-state index contributed by atoms with van der Waals surface area (Å²) in [7, 11) is 0. The van der Waals surface area contributed by atoms with Crippen LogP contribution in [0, 0.1) is 6.57 Å². The van der Waals surface area contributed by atoms with Crippen LogP contribution in [0.2, 0.25) is 0 Å². The smallest absolute Gasteiger partial charge is 0.361 e. The van der Waals surface area contributed by atoms with E-state index in [2.05, 4.69) is 9.83 Å². The molecule has 0 atom stereocenters. The Labute approximate surface area is 102 Å². The van der Waals surface area contributed by atoms with Crippen molar-refractivity contribution >= 4 is 5.82 Å². The van der Waals surface area contributed by atoms with Crippen LogP contribution < -0.4 is 0 Å². The quantitative estimate of drug-likeness (QED) is 0.687. The summed E-state index contributed by atoms with van der Waals surface area (Å²) in [6, 6.07) is 9.55. The summed E-state index contributed by atoms with van der Waals surface area (Å²) in [6.07, 6.45) is -4.38. The van der Waals surface area contributed by atoms with Crippen molar-refractivity contribution in [2.75, 3.05) is 0 Å². The molecule has 0 saturated heterocycles. The van der Waals surface area contributed by atoms with E-state index in [-0.39, 0.29) is 5.82 Å². The first kappa shape index (κ1) is 12.1. The van der Waals surface area contributed by atoms with Gasteiger partial charge >= 0.3 is 6.18 Å². The summed E-state index contributed by atoms with van der Waals surface area (Å²) in [5, 5.41) is 0. The van der Waals surface area contributed by atoms with E-state index in [0.29, 0.717) is 11.3 Å². The molecule has 18 heavy (non-hydrogen) atoms. The highest BCUT2D eigenvalue weighted by Gasteiger charge is 2.30. The molecule has 1 aromatic heterocycles. The molecule has 0 radical (unpaired) electrons. The van der Waals surface area contributed by atoms with Crippen molar-refractivity contribution in [1.82, 2.24) is 4.98 Å². The summed E-state index contributed by atoms with van der Waals surface area (Å²) in [5.74, 6) is 0.157. The monoisotopic (exact) mass is 248 g/mol. The first-order valence-electron chi connectivity index (χ1n) is 5.03. The molecule has 1 aromatic carbocycles. The molecule has 0 unspecified atom stereocenters. The third-order valence-electron chi connectivity index (χ3n) is 2.33. The molecule has 0 aliphatic heterocycles. The predicted molar refractivity (Wildman–Crippen MR) is 60.9 cm³/mol. The van der Waals surface area contributed by atoms with E-state index in [1.807, 2.05) is 0 Å². The Bertz CT molecular complexity index is 612. The van der Waals surface area contributed by atoms with E-state index in [4.69, 9.17) is 6.57 Å². The van der Waals surface area contributed by atoms with Gasteiger partial charge in [0.25, 0.3) is 5.82 Å². The zero-order valence-electron chi connectivity index (χ0n) is 9.07. The Hall–Kier alpha value is -2.35. The molecular weight excluding hydrogens is 241 g/mol. The molecule has 0 aliphatic carbocycles. The minimum absolute atomic E-state index is 0.157. The summed E-state index contributed by atoms with van der Waals surface area (Å²) in [4.78, 5) is 7.11. The average Bonchev–Trinajstić information content (AvgIpc) is 2.38. The molecule has 0 aliphatic rings. The van der Waals surface area contributed by atoms with E-state index >= 15 is 0 Å². The van der Waals surface area contributed by atoms with Crippen LogP contribution in [0.4, 0.5) is 19.0 Å². The molecule has 1 heterocycles. The maximum Gasteiger partial charge on any atom is 0.416 e. The zero-order valence-corrected chi connectivity index (χ0v) is 9.07. The maximum absolute atomic E-state index is 12.6. The normalized spacial score (nSPS) is 11.0. The van der Waals surface area contributed by atoms with Crippen molar-refractivity contribution in [2.24, 2.45) is 0 Å². The SMILES string of the molecule is [C-]#[N+]c1cccc(-c2cccc(C(F)(F)F)c2)n1. The van der Waals surface area contributed by atoms with Gasteiger partial charge in [0, 0.05) is 5.56 Å². The number of halogens is 3. The fraction of sp³-hybridized carbons (Fsp3) is 0.0769. The molecule has 0 bridgehead atoms. The third kappa shape index (κ3) is 2.48. The van der Waals surface area contributed by atoms with Crippen LogP contribution in [-0.4, -0.2) is 4.98 Å². The molecule has 0 saturated carbocycles. The van der Waals surface area contributed by atoms with Crippen LogP contribution in [0.15, 0.2) is 42.5 Å². The molecule has 2 aromatic rings. The second kappa shape index (κ2) is 4.49. The van der Waals surface area contributed by atoms with Crippen molar-refractivity contribution in [1.29, 1.82) is 0 Å². The fourth-order valence-electron chi connectivity index (χ4n) is 1.50. The molecular formula is C13H7F3N2. The number of alkyl halides is 3. The number of benzene rings is 1. The number of rotatable bonds is 1. The Kier molecular flexibility index (Phi) is 3.02. The summed E-state index contributed by atoms with van der Waals surface area (Å²) in [5.41, 5.74) is -0.0278. The molecule has 0 amide bonds. The lowest BCUT2D eigenvalue weighted by Crippen LogP contribution is -2.04. The largest absolute Gasteiger partial charge is 0.416 e. The average molecular weight is 248 g/mol. The minimum Gasteiger partial charge on any atom is -0.361 e. The predicted octanol–water partition coefficient (Wildman–Crippen LogP) is 4.32. The Balaban J connectivity index is 2.48. The third-order valence-corrected chi connectivity index (χ3v) is 2.33. The Morgan fingerprint density at radius 1 is 1.06 bits per heavy atom. The van der Waals surface area contributed by atoms with E-state index in [9.17, 15) is 13.2 Å². The van der Waals surface area contributed by atoms with Gasteiger partial charge in [0.1, 0.15) is 0 Å². The lowest BCUT2D eigenvalue weighted by atomic mass is 10.1. The first-order chi connectivity index (χ1) is 8.50. The van der Waals surface area contributed by atoms with Crippen LogP contribution in [0.3, 0.4) is 0 Å². The standard InChI is InChI=1S/C13H7F3N2/c1-17-12-7-3-6-11(18-12)9-4-2-5-10(8-9)13(14,15)16/h2-8H. The molecule has 90 valence electrons. The minimum atomic E-state index is -4.38. The van der Waals surface area contributed by atoms with E-state index in [1.54, 1.807) is 12.1 Å². The molecule has 0 spiro atoms. The summed E-state index contributed by atoms with van der Waals surface area (Å²) in [6.45, 7) is 6.83. The van der Waals surface area contributed by atoms with Gasteiger partial charge in [0.15, 0.2) is 5.69 Å². The van der Waals surface area contributed by atoms with Crippen molar-refractivity contribution < 1.29 is 13.2 Å². The van der Waals surface area contributed by atoms with Gasteiger partial charge in [0.05, 0.1) is 5.56 Å². The summed E-state index contributed by atoms with van der Waals surface area (Å²) >= 11 is 0. The van der Waals surface area contributed by atoms with Gasteiger partial charge in [-0.1, -0.05) is 24.8 Å². The zero-order chi connectivity index (χ0) is 13.2.